The molecule has 5 heteroatoms. The van der Waals surface area contributed by atoms with Gasteiger partial charge in [0.05, 0.1) is 17.6 Å². The van der Waals surface area contributed by atoms with Crippen molar-refractivity contribution in [2.45, 2.75) is 33.4 Å². The second kappa shape index (κ2) is 5.63. The molecule has 0 spiro atoms. The second-order valence-electron chi connectivity index (χ2n) is 4.60. The maximum Gasteiger partial charge on any atom is 0.0783 e. The first kappa shape index (κ1) is 13.2. The Bertz CT molecular complexity index is 534. The number of nitrogens with zero attached hydrogens (tertiary/aromatic N) is 3. The van der Waals surface area contributed by atoms with E-state index in [1.54, 1.807) is 6.20 Å². The first-order valence-electron chi connectivity index (χ1n) is 5.97. The summed E-state index contributed by atoms with van der Waals surface area (Å²) >= 11 is 3.49. The normalized spacial score (nSPS) is 11.2. The Morgan fingerprint density at radius 1 is 1.39 bits per heavy atom. The van der Waals surface area contributed by atoms with Crippen LogP contribution in [0.3, 0.4) is 0 Å². The number of rotatable bonds is 4. The monoisotopic (exact) mass is 308 g/mol. The smallest absolute Gasteiger partial charge is 0.0783 e. The van der Waals surface area contributed by atoms with Gasteiger partial charge < -0.3 is 5.32 Å². The van der Waals surface area contributed by atoms with Crippen LogP contribution in [0.2, 0.25) is 0 Å². The van der Waals surface area contributed by atoms with E-state index in [1.165, 1.54) is 5.56 Å². The summed E-state index contributed by atoms with van der Waals surface area (Å²) in [6, 6.07) is 6.60. The van der Waals surface area contributed by atoms with Gasteiger partial charge in [-0.2, -0.15) is 0 Å². The van der Waals surface area contributed by atoms with Crippen molar-refractivity contribution < 1.29 is 0 Å². The Labute approximate surface area is 116 Å². The van der Waals surface area contributed by atoms with Crippen LogP contribution in [0.25, 0.3) is 5.69 Å². The standard InChI is InChI=1S/C13H17BrN4/c1-9(2)15-7-12-8-16-17-18(12)13-6-11(14)5-4-10(13)3/h4-6,8-9,15H,7H2,1-3H3. The van der Waals surface area contributed by atoms with Gasteiger partial charge in [0.15, 0.2) is 0 Å². The Balaban J connectivity index is 2.33. The van der Waals surface area contributed by atoms with Gasteiger partial charge in [-0.15, -0.1) is 5.10 Å². The number of halogens is 1. The van der Waals surface area contributed by atoms with Gasteiger partial charge in [-0.25, -0.2) is 4.68 Å². The number of hydrogen-bond donors (Lipinski definition) is 1. The van der Waals surface area contributed by atoms with Crippen molar-refractivity contribution >= 4 is 15.9 Å². The highest BCUT2D eigenvalue weighted by Crippen LogP contribution is 2.20. The molecule has 96 valence electrons. The van der Waals surface area contributed by atoms with Crippen molar-refractivity contribution in [1.29, 1.82) is 0 Å². The summed E-state index contributed by atoms with van der Waals surface area (Å²) in [5, 5.41) is 11.6. The Morgan fingerprint density at radius 3 is 2.89 bits per heavy atom. The molecule has 18 heavy (non-hydrogen) atoms. The third-order valence-corrected chi connectivity index (χ3v) is 3.20. The van der Waals surface area contributed by atoms with Crippen molar-refractivity contribution in [3.8, 4) is 5.69 Å². The zero-order valence-corrected chi connectivity index (χ0v) is 12.4. The van der Waals surface area contributed by atoms with Crippen molar-refractivity contribution in [3.05, 3.63) is 40.1 Å². The van der Waals surface area contributed by atoms with Crippen LogP contribution in [0.5, 0.6) is 0 Å². The third-order valence-electron chi connectivity index (χ3n) is 2.71. The maximum atomic E-state index is 4.17. The highest BCUT2D eigenvalue weighted by Gasteiger charge is 2.09. The van der Waals surface area contributed by atoms with Crippen LogP contribution in [0, 0.1) is 6.92 Å². The molecule has 2 rings (SSSR count). The van der Waals surface area contributed by atoms with Gasteiger partial charge in [0.1, 0.15) is 0 Å². The minimum atomic E-state index is 0.442. The molecule has 0 saturated heterocycles. The van der Waals surface area contributed by atoms with Crippen LogP contribution in [0.15, 0.2) is 28.9 Å². The molecule has 0 aliphatic carbocycles. The molecule has 4 nitrogen and oxygen atoms in total. The minimum Gasteiger partial charge on any atom is -0.309 e. The molecule has 0 bridgehead atoms. The van der Waals surface area contributed by atoms with Crippen LogP contribution in [0.1, 0.15) is 25.1 Å². The molecule has 1 aromatic heterocycles. The molecule has 1 heterocycles. The molecule has 0 saturated carbocycles. The molecule has 0 unspecified atom stereocenters. The largest absolute Gasteiger partial charge is 0.309 e. The van der Waals surface area contributed by atoms with Gasteiger partial charge >= 0.3 is 0 Å². The fraction of sp³-hybridized carbons (Fsp3) is 0.385. The Kier molecular flexibility index (Phi) is 4.14. The average Bonchev–Trinajstić information content (AvgIpc) is 2.77. The van der Waals surface area contributed by atoms with Gasteiger partial charge in [-0.1, -0.05) is 41.1 Å². The van der Waals surface area contributed by atoms with Gasteiger partial charge in [-0.05, 0) is 24.6 Å². The lowest BCUT2D eigenvalue weighted by atomic mass is 10.2. The highest BCUT2D eigenvalue weighted by atomic mass is 79.9. The predicted molar refractivity (Wildman–Crippen MR) is 75.8 cm³/mol. The zero-order valence-electron chi connectivity index (χ0n) is 10.8. The van der Waals surface area contributed by atoms with E-state index in [1.807, 2.05) is 10.7 Å². The van der Waals surface area contributed by atoms with Gasteiger partial charge in [0.2, 0.25) is 0 Å². The molecule has 0 fully saturated rings. The fourth-order valence-corrected chi connectivity index (χ4v) is 2.05. The number of benzene rings is 1. The number of aromatic nitrogens is 3. The maximum absolute atomic E-state index is 4.17. The van der Waals surface area contributed by atoms with Gasteiger partial charge in [0, 0.05) is 17.1 Å². The molecule has 1 N–H and O–H groups in total. The quantitative estimate of drug-likeness (QED) is 0.944. The van der Waals surface area contributed by atoms with Crippen LogP contribution >= 0.6 is 15.9 Å². The summed E-state index contributed by atoms with van der Waals surface area (Å²) in [7, 11) is 0. The molecular formula is C13H17BrN4. The molecule has 1 aromatic carbocycles. The van der Waals surface area contributed by atoms with Crippen molar-refractivity contribution in [3.63, 3.8) is 0 Å². The average molecular weight is 309 g/mol. The van der Waals surface area contributed by atoms with E-state index < -0.39 is 0 Å². The molecule has 0 amide bonds. The summed E-state index contributed by atoms with van der Waals surface area (Å²) in [5.74, 6) is 0. The van der Waals surface area contributed by atoms with Crippen LogP contribution < -0.4 is 5.32 Å². The molecule has 0 atom stereocenters. The Hall–Kier alpha value is -1.20. The van der Waals surface area contributed by atoms with E-state index in [4.69, 9.17) is 0 Å². The topological polar surface area (TPSA) is 42.7 Å². The van der Waals surface area contributed by atoms with E-state index in [2.05, 4.69) is 64.5 Å². The lowest BCUT2D eigenvalue weighted by molar-refractivity contribution is 0.570. The summed E-state index contributed by atoms with van der Waals surface area (Å²) in [6.45, 7) is 7.08. The molecular weight excluding hydrogens is 292 g/mol. The summed E-state index contributed by atoms with van der Waals surface area (Å²) in [4.78, 5) is 0. The van der Waals surface area contributed by atoms with Crippen molar-refractivity contribution in [1.82, 2.24) is 20.3 Å². The number of nitrogens with one attached hydrogen (secondary N) is 1. The predicted octanol–water partition coefficient (Wildman–Crippen LogP) is 2.84. The number of aryl methyl sites for hydroxylation is 1. The molecule has 2 aromatic rings. The summed E-state index contributed by atoms with van der Waals surface area (Å²) in [5.41, 5.74) is 3.29. The van der Waals surface area contributed by atoms with Gasteiger partial charge in [-0.3, -0.25) is 0 Å². The van der Waals surface area contributed by atoms with Crippen LogP contribution in [-0.4, -0.2) is 21.0 Å². The SMILES string of the molecule is Cc1ccc(Br)cc1-n1nncc1CNC(C)C. The third kappa shape index (κ3) is 2.97. The molecule has 0 aliphatic heterocycles. The first-order chi connectivity index (χ1) is 8.58. The van der Waals surface area contributed by atoms with E-state index in [-0.39, 0.29) is 0 Å². The first-order valence-corrected chi connectivity index (χ1v) is 6.76. The van der Waals surface area contributed by atoms with Crippen LogP contribution in [-0.2, 0) is 6.54 Å². The van der Waals surface area contributed by atoms with Gasteiger partial charge in [0.25, 0.3) is 0 Å². The van der Waals surface area contributed by atoms with E-state index >= 15 is 0 Å². The molecule has 0 aliphatic rings. The van der Waals surface area contributed by atoms with Crippen molar-refractivity contribution in [2.75, 3.05) is 0 Å². The molecule has 0 radical (unpaired) electrons. The Morgan fingerprint density at radius 2 is 2.17 bits per heavy atom. The fourth-order valence-electron chi connectivity index (χ4n) is 1.70. The van der Waals surface area contributed by atoms with Crippen molar-refractivity contribution in [2.24, 2.45) is 0 Å². The lowest BCUT2D eigenvalue weighted by Gasteiger charge is -2.11. The lowest BCUT2D eigenvalue weighted by Crippen LogP contribution is -2.23. The van der Waals surface area contributed by atoms with Crippen LogP contribution in [0.4, 0.5) is 0 Å². The van der Waals surface area contributed by atoms with E-state index in [9.17, 15) is 0 Å². The van der Waals surface area contributed by atoms with E-state index in [0.717, 1.165) is 22.4 Å². The summed E-state index contributed by atoms with van der Waals surface area (Å²) < 4.78 is 2.93. The highest BCUT2D eigenvalue weighted by molar-refractivity contribution is 9.10. The van der Waals surface area contributed by atoms with E-state index in [0.29, 0.717) is 6.04 Å². The zero-order chi connectivity index (χ0) is 13.1. The minimum absolute atomic E-state index is 0.442. The second-order valence-corrected chi connectivity index (χ2v) is 5.52. The number of hydrogen-bond acceptors (Lipinski definition) is 3. The summed E-state index contributed by atoms with van der Waals surface area (Å²) in [6.07, 6.45) is 1.80.